The highest BCUT2D eigenvalue weighted by atomic mass is 16.5. The Morgan fingerprint density at radius 3 is 2.73 bits per heavy atom. The fourth-order valence-electron chi connectivity index (χ4n) is 1.39. The highest BCUT2D eigenvalue weighted by molar-refractivity contribution is 5.76. The van der Waals surface area contributed by atoms with Crippen molar-refractivity contribution in [3.63, 3.8) is 0 Å². The molecule has 1 saturated heterocycles. The number of amides is 1. The molecule has 0 spiro atoms. The van der Waals surface area contributed by atoms with Gasteiger partial charge in [0.25, 0.3) is 0 Å². The molecule has 2 N–H and O–H groups in total. The zero-order valence-corrected chi connectivity index (χ0v) is 9.04. The standard InChI is InChI=1S/C10H18N2O3/c1-15-10(14)3-2-4-12-9(13)5-8-6-11-7-8/h8,11H,2-7H2,1H3,(H,12,13). The van der Waals surface area contributed by atoms with Crippen LogP contribution in [0.3, 0.4) is 0 Å². The number of rotatable bonds is 6. The maximum Gasteiger partial charge on any atom is 0.305 e. The molecule has 1 heterocycles. The highest BCUT2D eigenvalue weighted by Crippen LogP contribution is 2.07. The molecule has 86 valence electrons. The van der Waals surface area contributed by atoms with E-state index >= 15 is 0 Å². The van der Waals surface area contributed by atoms with Gasteiger partial charge in [-0.15, -0.1) is 0 Å². The van der Waals surface area contributed by atoms with Gasteiger partial charge in [-0.25, -0.2) is 0 Å². The normalized spacial score (nSPS) is 15.5. The minimum absolute atomic E-state index is 0.0753. The number of nitrogens with one attached hydrogen (secondary N) is 2. The number of carbonyl (C=O) groups excluding carboxylic acids is 2. The van der Waals surface area contributed by atoms with Crippen LogP contribution < -0.4 is 10.6 Å². The molecule has 0 aromatic rings. The maximum absolute atomic E-state index is 11.3. The third kappa shape index (κ3) is 4.78. The molecule has 0 saturated carbocycles. The van der Waals surface area contributed by atoms with E-state index in [1.807, 2.05) is 0 Å². The number of esters is 1. The largest absolute Gasteiger partial charge is 0.469 e. The van der Waals surface area contributed by atoms with Crippen molar-refractivity contribution in [1.29, 1.82) is 0 Å². The van der Waals surface area contributed by atoms with Crippen LogP contribution in [-0.2, 0) is 14.3 Å². The van der Waals surface area contributed by atoms with Crippen molar-refractivity contribution in [1.82, 2.24) is 10.6 Å². The molecule has 1 fully saturated rings. The fraction of sp³-hybridized carbons (Fsp3) is 0.800. The van der Waals surface area contributed by atoms with Crippen molar-refractivity contribution in [2.45, 2.75) is 19.3 Å². The molecule has 15 heavy (non-hydrogen) atoms. The minimum Gasteiger partial charge on any atom is -0.469 e. The summed E-state index contributed by atoms with van der Waals surface area (Å²) in [5.74, 6) is 0.337. The summed E-state index contributed by atoms with van der Waals surface area (Å²) in [6, 6.07) is 0. The van der Waals surface area contributed by atoms with Crippen LogP contribution in [0, 0.1) is 5.92 Å². The van der Waals surface area contributed by atoms with E-state index in [2.05, 4.69) is 15.4 Å². The Morgan fingerprint density at radius 1 is 1.47 bits per heavy atom. The second-order valence-electron chi connectivity index (χ2n) is 3.76. The summed E-state index contributed by atoms with van der Waals surface area (Å²) in [7, 11) is 1.37. The van der Waals surface area contributed by atoms with Crippen molar-refractivity contribution in [3.8, 4) is 0 Å². The van der Waals surface area contributed by atoms with Gasteiger partial charge in [-0.2, -0.15) is 0 Å². The third-order valence-corrected chi connectivity index (χ3v) is 2.45. The van der Waals surface area contributed by atoms with Gasteiger partial charge in [-0.1, -0.05) is 0 Å². The van der Waals surface area contributed by atoms with Gasteiger partial charge in [0.05, 0.1) is 7.11 Å². The van der Waals surface area contributed by atoms with Gasteiger partial charge in [0.1, 0.15) is 0 Å². The van der Waals surface area contributed by atoms with Crippen molar-refractivity contribution < 1.29 is 14.3 Å². The van der Waals surface area contributed by atoms with E-state index in [-0.39, 0.29) is 11.9 Å². The highest BCUT2D eigenvalue weighted by Gasteiger charge is 2.19. The molecule has 5 heteroatoms. The number of methoxy groups -OCH3 is 1. The molecular formula is C10H18N2O3. The lowest BCUT2D eigenvalue weighted by molar-refractivity contribution is -0.140. The third-order valence-electron chi connectivity index (χ3n) is 2.45. The van der Waals surface area contributed by atoms with Crippen LogP contribution in [0.4, 0.5) is 0 Å². The summed E-state index contributed by atoms with van der Waals surface area (Å²) in [4.78, 5) is 22.1. The Balaban J connectivity index is 1.94. The number of hydrogen-bond donors (Lipinski definition) is 2. The molecule has 0 unspecified atom stereocenters. The smallest absolute Gasteiger partial charge is 0.305 e. The van der Waals surface area contributed by atoms with Gasteiger partial charge >= 0.3 is 5.97 Å². The lowest BCUT2D eigenvalue weighted by Crippen LogP contribution is -2.44. The molecule has 1 aliphatic rings. The van der Waals surface area contributed by atoms with Crippen molar-refractivity contribution in [3.05, 3.63) is 0 Å². The van der Waals surface area contributed by atoms with Gasteiger partial charge in [-0.05, 0) is 25.4 Å². The lowest BCUT2D eigenvalue weighted by atomic mass is 9.99. The summed E-state index contributed by atoms with van der Waals surface area (Å²) >= 11 is 0. The van der Waals surface area contributed by atoms with Crippen LogP contribution in [-0.4, -0.2) is 38.6 Å². The molecule has 0 radical (unpaired) electrons. The lowest BCUT2D eigenvalue weighted by Gasteiger charge is -2.26. The summed E-state index contributed by atoms with van der Waals surface area (Å²) in [6.45, 7) is 2.43. The van der Waals surface area contributed by atoms with E-state index in [0.29, 0.717) is 31.7 Å². The van der Waals surface area contributed by atoms with Crippen LogP contribution in [0.5, 0.6) is 0 Å². The van der Waals surface area contributed by atoms with Crippen LogP contribution in [0.25, 0.3) is 0 Å². The van der Waals surface area contributed by atoms with E-state index in [1.54, 1.807) is 0 Å². The Bertz CT molecular complexity index is 227. The Morgan fingerprint density at radius 2 is 2.20 bits per heavy atom. The average Bonchev–Trinajstić information content (AvgIpc) is 2.18. The van der Waals surface area contributed by atoms with Crippen LogP contribution in [0.2, 0.25) is 0 Å². The molecule has 0 bridgehead atoms. The summed E-state index contributed by atoms with van der Waals surface area (Å²) in [6.07, 6.45) is 1.59. The topological polar surface area (TPSA) is 67.4 Å². The molecule has 0 aromatic heterocycles. The van der Waals surface area contributed by atoms with E-state index in [0.717, 1.165) is 13.1 Å². The quantitative estimate of drug-likeness (QED) is 0.469. The summed E-state index contributed by atoms with van der Waals surface area (Å²) < 4.78 is 4.49. The molecule has 1 amide bonds. The van der Waals surface area contributed by atoms with E-state index in [9.17, 15) is 9.59 Å². The first-order valence-electron chi connectivity index (χ1n) is 5.26. The molecule has 1 rings (SSSR count). The summed E-state index contributed by atoms with van der Waals surface area (Å²) in [5.41, 5.74) is 0. The average molecular weight is 214 g/mol. The molecule has 0 aromatic carbocycles. The number of carbonyl (C=O) groups is 2. The van der Waals surface area contributed by atoms with Crippen LogP contribution in [0.15, 0.2) is 0 Å². The van der Waals surface area contributed by atoms with E-state index in [4.69, 9.17) is 0 Å². The van der Waals surface area contributed by atoms with E-state index < -0.39 is 0 Å². The maximum atomic E-state index is 11.3. The van der Waals surface area contributed by atoms with Crippen LogP contribution >= 0.6 is 0 Å². The minimum atomic E-state index is -0.229. The van der Waals surface area contributed by atoms with Crippen molar-refractivity contribution in [2.24, 2.45) is 5.92 Å². The van der Waals surface area contributed by atoms with Gasteiger partial charge in [0.2, 0.25) is 5.91 Å². The zero-order chi connectivity index (χ0) is 11.1. The predicted octanol–water partition coefficient (Wildman–Crippen LogP) is -0.335. The van der Waals surface area contributed by atoms with Gasteiger partial charge in [0.15, 0.2) is 0 Å². The SMILES string of the molecule is COC(=O)CCCNC(=O)CC1CNC1. The number of ether oxygens (including phenoxy) is 1. The Hall–Kier alpha value is -1.10. The first-order chi connectivity index (χ1) is 7.22. The zero-order valence-electron chi connectivity index (χ0n) is 9.04. The molecule has 5 nitrogen and oxygen atoms in total. The molecule has 0 aliphatic carbocycles. The molecular weight excluding hydrogens is 196 g/mol. The van der Waals surface area contributed by atoms with Gasteiger partial charge in [-0.3, -0.25) is 9.59 Å². The first kappa shape index (κ1) is 12.0. The number of hydrogen-bond acceptors (Lipinski definition) is 4. The second-order valence-corrected chi connectivity index (χ2v) is 3.76. The van der Waals surface area contributed by atoms with Gasteiger partial charge < -0.3 is 15.4 Å². The predicted molar refractivity (Wildman–Crippen MR) is 55.2 cm³/mol. The van der Waals surface area contributed by atoms with Crippen LogP contribution in [0.1, 0.15) is 19.3 Å². The Kier molecular flexibility index (Phi) is 5.10. The molecule has 0 atom stereocenters. The van der Waals surface area contributed by atoms with Crippen molar-refractivity contribution >= 4 is 11.9 Å². The van der Waals surface area contributed by atoms with Crippen molar-refractivity contribution in [2.75, 3.05) is 26.7 Å². The molecule has 1 aliphatic heterocycles. The van der Waals surface area contributed by atoms with Gasteiger partial charge in [0, 0.05) is 19.4 Å². The Labute approximate surface area is 89.6 Å². The monoisotopic (exact) mass is 214 g/mol. The second kappa shape index (κ2) is 6.40. The first-order valence-corrected chi connectivity index (χ1v) is 5.26. The fourth-order valence-corrected chi connectivity index (χ4v) is 1.39. The summed E-state index contributed by atoms with van der Waals surface area (Å²) in [5, 5.41) is 5.90. The van der Waals surface area contributed by atoms with E-state index in [1.165, 1.54) is 7.11 Å².